The molecule has 0 aliphatic heterocycles. The van der Waals surface area contributed by atoms with Gasteiger partial charge in [-0.3, -0.25) is 9.59 Å². The van der Waals surface area contributed by atoms with Crippen LogP contribution in [0, 0.1) is 0 Å². The number of rotatable bonds is 7. The number of carboxylic acid groups (broad SMARTS) is 2. The maximum atomic E-state index is 10.2. The van der Waals surface area contributed by atoms with Crippen LogP contribution >= 0.6 is 0 Å². The molecule has 0 aromatic heterocycles. The van der Waals surface area contributed by atoms with Crippen LogP contribution in [0.15, 0.2) is 0 Å². The van der Waals surface area contributed by atoms with Crippen molar-refractivity contribution >= 4 is 11.9 Å². The Hall–Kier alpha value is -1.18. The number of carbonyl (C=O) groups is 2. The van der Waals surface area contributed by atoms with E-state index in [1.807, 2.05) is 0 Å². The minimum Gasteiger partial charge on any atom is -0.480 e. The lowest BCUT2D eigenvalue weighted by Crippen LogP contribution is -2.29. The predicted octanol–water partition coefficient (Wildman–Crippen LogP) is -1.05. The van der Waals surface area contributed by atoms with Crippen molar-refractivity contribution in [2.24, 2.45) is 17.2 Å². The van der Waals surface area contributed by atoms with Crippen molar-refractivity contribution in [3.63, 3.8) is 0 Å². The third kappa shape index (κ3) is 15.3. The lowest BCUT2D eigenvalue weighted by molar-refractivity contribution is -0.138. The summed E-state index contributed by atoms with van der Waals surface area (Å²) in [5.74, 6) is -1.89. The van der Waals surface area contributed by atoms with Crippen molar-refractivity contribution in [1.82, 2.24) is 0 Å². The van der Waals surface area contributed by atoms with Crippen LogP contribution in [0.25, 0.3) is 0 Å². The van der Waals surface area contributed by atoms with Gasteiger partial charge in [0.25, 0.3) is 0 Å². The van der Waals surface area contributed by atoms with Crippen LogP contribution in [-0.4, -0.2) is 41.3 Å². The van der Waals surface area contributed by atoms with Crippen LogP contribution in [0.5, 0.6) is 0 Å². The SMILES string of the molecule is NCC(=O)O.NCCCCCC(N)C(=O)O. The molecule has 7 nitrogen and oxygen atoms in total. The zero-order valence-electron chi connectivity index (χ0n) is 9.26. The molecule has 0 amide bonds. The van der Waals surface area contributed by atoms with Crippen molar-refractivity contribution in [2.45, 2.75) is 31.7 Å². The minimum absolute atomic E-state index is 0.278. The van der Waals surface area contributed by atoms with E-state index in [4.69, 9.17) is 21.7 Å². The molecule has 0 saturated carbocycles. The zero-order chi connectivity index (χ0) is 13.0. The molecule has 0 rings (SSSR count). The summed E-state index contributed by atoms with van der Waals surface area (Å²) in [6.45, 7) is 0.391. The lowest BCUT2D eigenvalue weighted by atomic mass is 10.1. The summed E-state index contributed by atoms with van der Waals surface area (Å²) >= 11 is 0. The van der Waals surface area contributed by atoms with Gasteiger partial charge in [0.15, 0.2) is 0 Å². The topological polar surface area (TPSA) is 153 Å². The van der Waals surface area contributed by atoms with Gasteiger partial charge < -0.3 is 27.4 Å². The van der Waals surface area contributed by atoms with Gasteiger partial charge in [-0.25, -0.2) is 0 Å². The Labute approximate surface area is 94.6 Å². The molecule has 1 unspecified atom stereocenters. The maximum absolute atomic E-state index is 10.2. The van der Waals surface area contributed by atoms with E-state index in [9.17, 15) is 9.59 Å². The molecule has 0 aromatic rings. The normalized spacial score (nSPS) is 11.2. The molecule has 8 N–H and O–H groups in total. The van der Waals surface area contributed by atoms with Gasteiger partial charge in [-0.1, -0.05) is 12.8 Å². The van der Waals surface area contributed by atoms with Gasteiger partial charge in [-0.2, -0.15) is 0 Å². The molecule has 0 fully saturated rings. The molecular formula is C9H21N3O4. The summed E-state index contributed by atoms with van der Waals surface area (Å²) in [6, 6.07) is -0.701. The van der Waals surface area contributed by atoms with Crippen molar-refractivity contribution < 1.29 is 19.8 Å². The van der Waals surface area contributed by atoms with Gasteiger partial charge in [-0.15, -0.1) is 0 Å². The van der Waals surface area contributed by atoms with E-state index in [-0.39, 0.29) is 6.54 Å². The second-order valence-electron chi connectivity index (χ2n) is 3.18. The largest absolute Gasteiger partial charge is 0.480 e. The first-order valence-corrected chi connectivity index (χ1v) is 5.06. The number of nitrogens with two attached hydrogens (primary N) is 3. The van der Waals surface area contributed by atoms with E-state index in [1.165, 1.54) is 0 Å². The molecule has 0 saturated heterocycles. The Morgan fingerprint density at radius 2 is 1.56 bits per heavy atom. The fourth-order valence-electron chi connectivity index (χ4n) is 0.809. The van der Waals surface area contributed by atoms with Gasteiger partial charge in [0.2, 0.25) is 0 Å². The standard InChI is InChI=1S/C7H16N2O2.C2H5NO2/c8-5-3-1-2-4-6(9)7(10)11;3-1-2(4)5/h6H,1-5,8-9H2,(H,10,11);1,3H2,(H,4,5). The highest BCUT2D eigenvalue weighted by Crippen LogP contribution is 2.01. The van der Waals surface area contributed by atoms with E-state index < -0.39 is 18.0 Å². The number of aliphatic carboxylic acids is 2. The lowest BCUT2D eigenvalue weighted by Gasteiger charge is -2.04. The summed E-state index contributed by atoms with van der Waals surface area (Å²) in [7, 11) is 0. The average Bonchev–Trinajstić information content (AvgIpc) is 2.24. The molecule has 0 aliphatic carbocycles. The highest BCUT2D eigenvalue weighted by Gasteiger charge is 2.09. The van der Waals surface area contributed by atoms with E-state index >= 15 is 0 Å². The molecule has 16 heavy (non-hydrogen) atoms. The second-order valence-corrected chi connectivity index (χ2v) is 3.18. The quantitative estimate of drug-likeness (QED) is 0.353. The monoisotopic (exact) mass is 235 g/mol. The molecule has 0 radical (unpaired) electrons. The van der Waals surface area contributed by atoms with Gasteiger partial charge in [0, 0.05) is 0 Å². The Balaban J connectivity index is 0. The van der Waals surface area contributed by atoms with Crippen LogP contribution in [0.4, 0.5) is 0 Å². The summed E-state index contributed by atoms with van der Waals surface area (Å²) in [6.07, 6.45) is 3.32. The van der Waals surface area contributed by atoms with E-state index in [2.05, 4.69) is 5.73 Å². The Bertz CT molecular complexity index is 199. The van der Waals surface area contributed by atoms with Crippen molar-refractivity contribution in [1.29, 1.82) is 0 Å². The van der Waals surface area contributed by atoms with Gasteiger partial charge in [0.05, 0.1) is 6.54 Å². The zero-order valence-corrected chi connectivity index (χ0v) is 9.26. The summed E-state index contributed by atoms with van der Waals surface area (Å²) in [5, 5.41) is 16.0. The molecule has 0 aliphatic rings. The maximum Gasteiger partial charge on any atom is 0.320 e. The summed E-state index contributed by atoms with van der Waals surface area (Å²) in [4.78, 5) is 19.5. The highest BCUT2D eigenvalue weighted by molar-refractivity contribution is 5.72. The van der Waals surface area contributed by atoms with Crippen molar-refractivity contribution in [2.75, 3.05) is 13.1 Å². The van der Waals surface area contributed by atoms with E-state index in [0.29, 0.717) is 13.0 Å². The van der Waals surface area contributed by atoms with Crippen molar-refractivity contribution in [3.8, 4) is 0 Å². The van der Waals surface area contributed by atoms with Crippen LogP contribution in [0.3, 0.4) is 0 Å². The third-order valence-electron chi connectivity index (χ3n) is 1.71. The molecule has 0 bridgehead atoms. The van der Waals surface area contributed by atoms with Crippen LogP contribution in [0.2, 0.25) is 0 Å². The first-order chi connectivity index (χ1) is 7.45. The number of hydrogen-bond acceptors (Lipinski definition) is 5. The summed E-state index contributed by atoms with van der Waals surface area (Å²) in [5.41, 5.74) is 15.1. The first-order valence-electron chi connectivity index (χ1n) is 5.06. The summed E-state index contributed by atoms with van der Waals surface area (Å²) < 4.78 is 0. The van der Waals surface area contributed by atoms with Crippen molar-refractivity contribution in [3.05, 3.63) is 0 Å². The van der Waals surface area contributed by atoms with Crippen LogP contribution in [0.1, 0.15) is 25.7 Å². The fraction of sp³-hybridized carbons (Fsp3) is 0.778. The highest BCUT2D eigenvalue weighted by atomic mass is 16.4. The molecular weight excluding hydrogens is 214 g/mol. The Morgan fingerprint density at radius 1 is 1.06 bits per heavy atom. The molecule has 0 heterocycles. The van der Waals surface area contributed by atoms with Gasteiger partial charge in [0.1, 0.15) is 6.04 Å². The molecule has 0 aromatic carbocycles. The predicted molar refractivity (Wildman–Crippen MR) is 59.8 cm³/mol. The molecule has 0 spiro atoms. The Morgan fingerprint density at radius 3 is 1.88 bits per heavy atom. The minimum atomic E-state index is -0.968. The fourth-order valence-corrected chi connectivity index (χ4v) is 0.809. The second kappa shape index (κ2) is 11.9. The number of carboxylic acids is 2. The smallest absolute Gasteiger partial charge is 0.320 e. The first kappa shape index (κ1) is 17.2. The van der Waals surface area contributed by atoms with Gasteiger partial charge in [-0.05, 0) is 19.4 Å². The van der Waals surface area contributed by atoms with Gasteiger partial charge >= 0.3 is 11.9 Å². The van der Waals surface area contributed by atoms with E-state index in [0.717, 1.165) is 19.3 Å². The third-order valence-corrected chi connectivity index (χ3v) is 1.71. The average molecular weight is 235 g/mol. The number of unbranched alkanes of at least 4 members (excludes halogenated alkanes) is 2. The van der Waals surface area contributed by atoms with Crippen LogP contribution in [-0.2, 0) is 9.59 Å². The Kier molecular flexibility index (Phi) is 12.8. The molecule has 1 atom stereocenters. The van der Waals surface area contributed by atoms with E-state index in [1.54, 1.807) is 0 Å². The number of hydrogen-bond donors (Lipinski definition) is 5. The molecule has 7 heteroatoms. The van der Waals surface area contributed by atoms with Crippen LogP contribution < -0.4 is 17.2 Å². The molecule has 96 valence electrons.